The summed E-state index contributed by atoms with van der Waals surface area (Å²) in [5.41, 5.74) is 4.18. The van der Waals surface area contributed by atoms with Gasteiger partial charge in [0.2, 0.25) is 0 Å². The van der Waals surface area contributed by atoms with Crippen LogP contribution >= 0.6 is 0 Å². The number of carbonyl (C=O) groups is 2. The molecular weight excluding hydrogens is 342 g/mol. The highest BCUT2D eigenvalue weighted by Gasteiger charge is 2.29. The second kappa shape index (κ2) is 6.72. The fraction of sp³-hybridized carbons (Fsp3) is 0.190. The molecule has 4 rings (SSSR count). The average molecular weight is 361 g/mol. The molecule has 0 spiro atoms. The SMILES string of the molecule is CCOC(=O)c1ncn2c1CN(C)C(=O)c1cc(-c3ccccc3)ccc1-2. The molecule has 0 N–H and O–H groups in total. The summed E-state index contributed by atoms with van der Waals surface area (Å²) in [6.45, 7) is 2.31. The van der Waals surface area contributed by atoms with Gasteiger partial charge in [0, 0.05) is 7.05 Å². The van der Waals surface area contributed by atoms with Crippen LogP contribution in [0.4, 0.5) is 0 Å². The molecule has 1 aromatic heterocycles. The minimum Gasteiger partial charge on any atom is -0.461 e. The van der Waals surface area contributed by atoms with Gasteiger partial charge in [-0.2, -0.15) is 0 Å². The lowest BCUT2D eigenvalue weighted by Gasteiger charge is -2.15. The molecule has 136 valence electrons. The molecule has 0 bridgehead atoms. The fourth-order valence-corrected chi connectivity index (χ4v) is 3.33. The highest BCUT2D eigenvalue weighted by Crippen LogP contribution is 2.30. The van der Waals surface area contributed by atoms with Crippen molar-refractivity contribution in [2.24, 2.45) is 0 Å². The van der Waals surface area contributed by atoms with Crippen LogP contribution in [0, 0.1) is 0 Å². The monoisotopic (exact) mass is 361 g/mol. The van der Waals surface area contributed by atoms with Crippen molar-refractivity contribution in [3.05, 3.63) is 71.8 Å². The van der Waals surface area contributed by atoms with Crippen LogP contribution in [0.5, 0.6) is 0 Å². The summed E-state index contributed by atoms with van der Waals surface area (Å²) in [5, 5.41) is 0. The Labute approximate surface area is 157 Å². The average Bonchev–Trinajstić information content (AvgIpc) is 3.07. The summed E-state index contributed by atoms with van der Waals surface area (Å²) in [6.07, 6.45) is 1.58. The number of ether oxygens (including phenoxy) is 1. The summed E-state index contributed by atoms with van der Waals surface area (Å²) in [6, 6.07) is 15.7. The van der Waals surface area contributed by atoms with Gasteiger partial charge in [-0.25, -0.2) is 9.78 Å². The molecule has 6 heteroatoms. The second-order valence-corrected chi connectivity index (χ2v) is 6.39. The van der Waals surface area contributed by atoms with E-state index >= 15 is 0 Å². The third-order valence-corrected chi connectivity index (χ3v) is 4.66. The molecule has 0 fully saturated rings. The van der Waals surface area contributed by atoms with Crippen molar-refractivity contribution in [3.8, 4) is 16.8 Å². The number of aromatic nitrogens is 2. The number of rotatable bonds is 3. The van der Waals surface area contributed by atoms with Crippen LogP contribution < -0.4 is 0 Å². The molecule has 2 heterocycles. The molecule has 2 aromatic carbocycles. The number of benzene rings is 2. The lowest BCUT2D eigenvalue weighted by atomic mass is 10.0. The van der Waals surface area contributed by atoms with Gasteiger partial charge in [-0.05, 0) is 30.2 Å². The first kappa shape index (κ1) is 17.0. The van der Waals surface area contributed by atoms with E-state index in [1.807, 2.05) is 48.5 Å². The molecule has 0 unspecified atom stereocenters. The maximum absolute atomic E-state index is 13.0. The van der Waals surface area contributed by atoms with Gasteiger partial charge >= 0.3 is 5.97 Å². The summed E-state index contributed by atoms with van der Waals surface area (Å²) in [4.78, 5) is 31.0. The second-order valence-electron chi connectivity index (χ2n) is 6.39. The predicted molar refractivity (Wildman–Crippen MR) is 101 cm³/mol. The van der Waals surface area contributed by atoms with E-state index in [2.05, 4.69) is 4.98 Å². The van der Waals surface area contributed by atoms with Gasteiger partial charge in [-0.3, -0.25) is 9.36 Å². The number of hydrogen-bond donors (Lipinski definition) is 0. The lowest BCUT2D eigenvalue weighted by molar-refractivity contribution is 0.0516. The zero-order valence-electron chi connectivity index (χ0n) is 15.2. The number of nitrogens with zero attached hydrogens (tertiary/aromatic N) is 3. The summed E-state index contributed by atoms with van der Waals surface area (Å²) in [5.74, 6) is -0.572. The van der Waals surface area contributed by atoms with Gasteiger partial charge in [-0.15, -0.1) is 0 Å². The lowest BCUT2D eigenvalue weighted by Crippen LogP contribution is -2.26. The van der Waals surface area contributed by atoms with Crippen LogP contribution in [-0.4, -0.2) is 40.0 Å². The highest BCUT2D eigenvalue weighted by atomic mass is 16.5. The number of carbonyl (C=O) groups excluding carboxylic acids is 2. The maximum Gasteiger partial charge on any atom is 0.358 e. The largest absolute Gasteiger partial charge is 0.461 e. The van der Waals surface area contributed by atoms with Crippen molar-refractivity contribution in [2.45, 2.75) is 13.5 Å². The van der Waals surface area contributed by atoms with Crippen LogP contribution in [0.15, 0.2) is 54.9 Å². The standard InChI is InChI=1S/C21H19N3O3/c1-3-27-21(26)19-18-12-23(2)20(25)16-11-15(14-7-5-4-6-8-14)9-10-17(16)24(18)13-22-19/h4-11,13H,3,12H2,1-2H3. The van der Waals surface area contributed by atoms with E-state index in [-0.39, 0.29) is 24.8 Å². The first-order chi connectivity index (χ1) is 13.1. The minimum atomic E-state index is -0.476. The van der Waals surface area contributed by atoms with E-state index in [0.29, 0.717) is 16.9 Å². The Kier molecular flexibility index (Phi) is 4.24. The summed E-state index contributed by atoms with van der Waals surface area (Å²) >= 11 is 0. The molecule has 6 nitrogen and oxygen atoms in total. The molecule has 1 aliphatic rings. The number of imidazole rings is 1. The van der Waals surface area contributed by atoms with E-state index in [9.17, 15) is 9.59 Å². The molecular formula is C21H19N3O3. The van der Waals surface area contributed by atoms with Crippen molar-refractivity contribution >= 4 is 11.9 Å². The summed E-state index contributed by atoms with van der Waals surface area (Å²) in [7, 11) is 1.72. The minimum absolute atomic E-state index is 0.0960. The van der Waals surface area contributed by atoms with Crippen LogP contribution in [0.2, 0.25) is 0 Å². The van der Waals surface area contributed by atoms with Gasteiger partial charge in [-0.1, -0.05) is 36.4 Å². The Morgan fingerprint density at radius 1 is 1.15 bits per heavy atom. The van der Waals surface area contributed by atoms with E-state index < -0.39 is 5.97 Å². The van der Waals surface area contributed by atoms with Crippen LogP contribution in [0.25, 0.3) is 16.8 Å². The number of esters is 1. The predicted octanol–water partition coefficient (Wildman–Crippen LogP) is 3.30. The Morgan fingerprint density at radius 2 is 1.93 bits per heavy atom. The third kappa shape index (κ3) is 2.89. The quantitative estimate of drug-likeness (QED) is 0.672. The zero-order valence-corrected chi connectivity index (χ0v) is 15.2. The van der Waals surface area contributed by atoms with Crippen molar-refractivity contribution < 1.29 is 14.3 Å². The van der Waals surface area contributed by atoms with Gasteiger partial charge in [0.25, 0.3) is 5.91 Å². The molecule has 0 saturated carbocycles. The molecule has 1 amide bonds. The van der Waals surface area contributed by atoms with Gasteiger partial charge in [0.05, 0.1) is 30.1 Å². The molecule has 0 radical (unpaired) electrons. The van der Waals surface area contributed by atoms with Crippen LogP contribution in [0.3, 0.4) is 0 Å². The van der Waals surface area contributed by atoms with E-state index in [0.717, 1.165) is 11.1 Å². The first-order valence-corrected chi connectivity index (χ1v) is 8.78. The molecule has 3 aromatic rings. The molecule has 0 aliphatic carbocycles. The fourth-order valence-electron chi connectivity index (χ4n) is 3.33. The highest BCUT2D eigenvalue weighted by molar-refractivity contribution is 6.00. The van der Waals surface area contributed by atoms with Crippen molar-refractivity contribution in [1.82, 2.24) is 14.5 Å². The molecule has 27 heavy (non-hydrogen) atoms. The normalized spacial score (nSPS) is 13.0. The Morgan fingerprint density at radius 3 is 2.67 bits per heavy atom. The van der Waals surface area contributed by atoms with Crippen LogP contribution in [0.1, 0.15) is 33.5 Å². The molecule has 1 aliphatic heterocycles. The topological polar surface area (TPSA) is 64.4 Å². The Balaban J connectivity index is 1.87. The molecule has 0 atom stereocenters. The first-order valence-electron chi connectivity index (χ1n) is 8.78. The van der Waals surface area contributed by atoms with Gasteiger partial charge in [0.15, 0.2) is 5.69 Å². The smallest absolute Gasteiger partial charge is 0.358 e. The van der Waals surface area contributed by atoms with Gasteiger partial charge < -0.3 is 9.64 Å². The van der Waals surface area contributed by atoms with Crippen molar-refractivity contribution in [2.75, 3.05) is 13.7 Å². The molecule has 0 saturated heterocycles. The zero-order chi connectivity index (χ0) is 19.0. The van der Waals surface area contributed by atoms with Crippen molar-refractivity contribution in [3.63, 3.8) is 0 Å². The van der Waals surface area contributed by atoms with Crippen LogP contribution in [-0.2, 0) is 11.3 Å². The van der Waals surface area contributed by atoms with E-state index in [1.54, 1.807) is 29.8 Å². The van der Waals surface area contributed by atoms with Gasteiger partial charge in [0.1, 0.15) is 6.33 Å². The number of amides is 1. The maximum atomic E-state index is 13.0. The Hall–Kier alpha value is -3.41. The van der Waals surface area contributed by atoms with E-state index in [4.69, 9.17) is 4.74 Å². The van der Waals surface area contributed by atoms with Crippen molar-refractivity contribution in [1.29, 1.82) is 0 Å². The van der Waals surface area contributed by atoms with E-state index in [1.165, 1.54) is 0 Å². The Bertz CT molecular complexity index is 1020. The number of hydrogen-bond acceptors (Lipinski definition) is 4. The summed E-state index contributed by atoms with van der Waals surface area (Å²) < 4.78 is 6.91. The third-order valence-electron chi connectivity index (χ3n) is 4.66. The number of fused-ring (bicyclic) bond motifs is 3.